The van der Waals surface area contributed by atoms with Crippen LogP contribution in [0.4, 0.5) is 13.2 Å². The molecule has 0 saturated heterocycles. The third-order valence-corrected chi connectivity index (χ3v) is 8.31. The van der Waals surface area contributed by atoms with Crippen molar-refractivity contribution in [2.75, 3.05) is 0 Å². The number of pyridine rings is 1. The van der Waals surface area contributed by atoms with Gasteiger partial charge in [-0.2, -0.15) is 13.2 Å². The Morgan fingerprint density at radius 2 is 0.878 bits per heavy atom. The maximum atomic E-state index is 13.0. The Morgan fingerprint density at radius 1 is 0.469 bits per heavy atom. The number of aromatic nitrogens is 4. The zero-order valence-corrected chi connectivity index (χ0v) is 30.5. The molecular formula is C41H36F3IrN4-. The standard InChI is InChI=1S/C41H36F3N4.Ir/c1-39(2,3)32-18-13-29(14-19-32)36-46-37(30-15-20-33(21-16-30)40(4,5)6)48-38(47-36)31-17-24-35(45-25-31)28-9-7-26(8-10-28)27-11-22-34(23-12-27)41(42,43)44;/h7-9,11-25H,1-6H3;/q-1;. The van der Waals surface area contributed by atoms with Crippen LogP contribution < -0.4 is 0 Å². The molecule has 0 N–H and O–H groups in total. The quantitative estimate of drug-likeness (QED) is 0.162. The van der Waals surface area contributed by atoms with Gasteiger partial charge in [-0.3, -0.25) is 0 Å². The molecule has 0 aliphatic carbocycles. The fourth-order valence-electron chi connectivity index (χ4n) is 5.30. The average molecular weight is 834 g/mol. The second-order valence-corrected chi connectivity index (χ2v) is 14.0. The first-order valence-corrected chi connectivity index (χ1v) is 15.8. The Bertz CT molecular complexity index is 1950. The van der Waals surface area contributed by atoms with Crippen molar-refractivity contribution in [1.82, 2.24) is 19.9 Å². The average Bonchev–Trinajstić information content (AvgIpc) is 3.07. The fourth-order valence-corrected chi connectivity index (χ4v) is 5.30. The Kier molecular flexibility index (Phi) is 10.1. The van der Waals surface area contributed by atoms with E-state index in [1.54, 1.807) is 12.3 Å². The number of alkyl halides is 3. The number of hydrogen-bond acceptors (Lipinski definition) is 4. The van der Waals surface area contributed by atoms with E-state index in [2.05, 4.69) is 96.1 Å². The summed E-state index contributed by atoms with van der Waals surface area (Å²) in [6, 6.07) is 34.3. The summed E-state index contributed by atoms with van der Waals surface area (Å²) >= 11 is 0. The summed E-state index contributed by atoms with van der Waals surface area (Å²) in [5.74, 6) is 1.66. The maximum Gasteiger partial charge on any atom is 0.416 e. The van der Waals surface area contributed by atoms with Gasteiger partial charge in [-0.1, -0.05) is 138 Å². The largest absolute Gasteiger partial charge is 0.416 e. The van der Waals surface area contributed by atoms with Gasteiger partial charge < -0.3 is 4.98 Å². The summed E-state index contributed by atoms with van der Waals surface area (Å²) in [7, 11) is 0. The van der Waals surface area contributed by atoms with Crippen molar-refractivity contribution in [3.63, 3.8) is 0 Å². The molecule has 0 spiro atoms. The van der Waals surface area contributed by atoms with E-state index in [1.807, 2.05) is 24.3 Å². The molecule has 6 rings (SSSR count). The third-order valence-electron chi connectivity index (χ3n) is 8.31. The van der Waals surface area contributed by atoms with E-state index in [9.17, 15) is 13.2 Å². The Morgan fingerprint density at radius 3 is 1.27 bits per heavy atom. The van der Waals surface area contributed by atoms with Gasteiger partial charge >= 0.3 is 6.18 Å². The van der Waals surface area contributed by atoms with E-state index in [0.29, 0.717) is 28.7 Å². The summed E-state index contributed by atoms with van der Waals surface area (Å²) in [5, 5.41) is 0. The van der Waals surface area contributed by atoms with E-state index in [1.165, 1.54) is 23.3 Å². The van der Waals surface area contributed by atoms with Gasteiger partial charge in [-0.05, 0) is 27.7 Å². The first-order chi connectivity index (χ1) is 22.6. The predicted octanol–water partition coefficient (Wildman–Crippen LogP) is 11.0. The van der Waals surface area contributed by atoms with Crippen LogP contribution in [0.1, 0.15) is 58.2 Å². The van der Waals surface area contributed by atoms with Gasteiger partial charge in [0.15, 0.2) is 17.5 Å². The predicted molar refractivity (Wildman–Crippen MR) is 186 cm³/mol. The molecule has 2 aromatic heterocycles. The summed E-state index contributed by atoms with van der Waals surface area (Å²) < 4.78 is 38.9. The summed E-state index contributed by atoms with van der Waals surface area (Å²) in [6.45, 7) is 13.1. The SMILES string of the molecule is CC(C)(C)c1ccc(-c2nc(-c3ccc(C(C)(C)C)cc3)nc(-c3ccc(-c4[c-]cc(-c5ccc(C(F)(F)F)cc5)cc4)nc3)n2)cc1.[Ir]. The molecule has 0 aliphatic rings. The second-order valence-electron chi connectivity index (χ2n) is 14.0. The van der Waals surface area contributed by atoms with Crippen LogP contribution in [-0.4, -0.2) is 19.9 Å². The van der Waals surface area contributed by atoms with E-state index in [0.717, 1.165) is 39.9 Å². The van der Waals surface area contributed by atoms with Gasteiger partial charge in [0.05, 0.1) is 5.56 Å². The molecule has 0 fully saturated rings. The van der Waals surface area contributed by atoms with E-state index >= 15 is 0 Å². The first kappa shape index (κ1) is 35.8. The number of nitrogens with zero attached hydrogens (tertiary/aromatic N) is 4. The molecule has 0 unspecified atom stereocenters. The molecule has 4 nitrogen and oxygen atoms in total. The topological polar surface area (TPSA) is 51.6 Å². The molecule has 2 heterocycles. The van der Waals surface area contributed by atoms with E-state index in [-0.39, 0.29) is 30.9 Å². The van der Waals surface area contributed by atoms with Crippen LogP contribution in [0.3, 0.4) is 0 Å². The second kappa shape index (κ2) is 13.8. The summed E-state index contributed by atoms with van der Waals surface area (Å²) in [6.07, 6.45) is -2.63. The monoisotopic (exact) mass is 834 g/mol. The molecule has 49 heavy (non-hydrogen) atoms. The maximum absolute atomic E-state index is 13.0. The minimum absolute atomic E-state index is 0. The van der Waals surface area contributed by atoms with Crippen LogP contribution >= 0.6 is 0 Å². The van der Waals surface area contributed by atoms with Crippen LogP contribution in [0, 0.1) is 6.07 Å². The minimum atomic E-state index is -4.37. The number of hydrogen-bond donors (Lipinski definition) is 0. The van der Waals surface area contributed by atoms with Crippen molar-refractivity contribution >= 4 is 0 Å². The molecular weight excluding hydrogens is 798 g/mol. The van der Waals surface area contributed by atoms with Crippen LogP contribution in [0.5, 0.6) is 0 Å². The molecule has 251 valence electrons. The molecule has 6 aromatic rings. The number of benzene rings is 4. The number of rotatable bonds is 5. The van der Waals surface area contributed by atoms with Gasteiger partial charge in [0, 0.05) is 43.0 Å². The van der Waals surface area contributed by atoms with Crippen molar-refractivity contribution in [3.05, 3.63) is 132 Å². The van der Waals surface area contributed by atoms with Crippen LogP contribution in [0.15, 0.2) is 109 Å². The zero-order chi connectivity index (χ0) is 34.3. The molecule has 8 heteroatoms. The van der Waals surface area contributed by atoms with Crippen LogP contribution in [0.25, 0.3) is 56.5 Å². The molecule has 1 radical (unpaired) electrons. The van der Waals surface area contributed by atoms with Gasteiger partial charge in [-0.25, -0.2) is 15.0 Å². The minimum Gasteiger partial charge on any atom is -0.304 e. The van der Waals surface area contributed by atoms with Crippen LogP contribution in [-0.2, 0) is 37.1 Å². The molecule has 0 saturated carbocycles. The van der Waals surface area contributed by atoms with Crippen molar-refractivity contribution in [3.8, 4) is 56.5 Å². The molecule has 0 bridgehead atoms. The van der Waals surface area contributed by atoms with Crippen molar-refractivity contribution in [1.29, 1.82) is 0 Å². The molecule has 0 atom stereocenters. The van der Waals surface area contributed by atoms with Gasteiger partial charge in [0.1, 0.15) is 0 Å². The molecule has 4 aromatic carbocycles. The first-order valence-electron chi connectivity index (χ1n) is 15.8. The Hall–Kier alpha value is -4.52. The van der Waals surface area contributed by atoms with Crippen molar-refractivity contribution in [2.24, 2.45) is 0 Å². The van der Waals surface area contributed by atoms with E-state index in [4.69, 9.17) is 19.9 Å². The Balaban J connectivity index is 0.00000468. The van der Waals surface area contributed by atoms with Crippen molar-refractivity contribution in [2.45, 2.75) is 58.5 Å². The Labute approximate surface area is 299 Å². The molecule has 0 aliphatic heterocycles. The molecule has 0 amide bonds. The van der Waals surface area contributed by atoms with Crippen molar-refractivity contribution < 1.29 is 33.3 Å². The van der Waals surface area contributed by atoms with Gasteiger partial charge in [0.2, 0.25) is 0 Å². The normalized spacial score (nSPS) is 12.0. The zero-order valence-electron chi connectivity index (χ0n) is 28.1. The smallest absolute Gasteiger partial charge is 0.304 e. The summed E-state index contributed by atoms with van der Waals surface area (Å²) in [4.78, 5) is 19.3. The fraction of sp³-hybridized carbons (Fsp3) is 0.220. The van der Waals surface area contributed by atoms with Gasteiger partial charge in [-0.15, -0.1) is 29.8 Å². The summed E-state index contributed by atoms with van der Waals surface area (Å²) in [5.41, 5.74) is 7.25. The number of halogens is 3. The van der Waals surface area contributed by atoms with E-state index < -0.39 is 11.7 Å². The van der Waals surface area contributed by atoms with Crippen LogP contribution in [0.2, 0.25) is 0 Å². The third kappa shape index (κ3) is 8.21. The van der Waals surface area contributed by atoms with Gasteiger partial charge in [0.25, 0.3) is 0 Å².